The number of benzene rings is 2. The van der Waals surface area contributed by atoms with Crippen molar-refractivity contribution in [3.05, 3.63) is 70.2 Å². The normalized spacial score (nSPS) is 10.7. The molecule has 2 aromatic carbocycles. The Kier molecular flexibility index (Phi) is 5.99. The van der Waals surface area contributed by atoms with E-state index in [9.17, 15) is 4.79 Å². The Morgan fingerprint density at radius 3 is 2.68 bits per heavy atom. The lowest BCUT2D eigenvalue weighted by atomic mass is 10.1. The average molecular weight is 317 g/mol. The predicted molar refractivity (Wildman–Crippen MR) is 90.8 cm³/mol. The van der Waals surface area contributed by atoms with Crippen LogP contribution in [0.2, 0.25) is 5.02 Å². The fourth-order valence-corrected chi connectivity index (χ4v) is 2.50. The first-order valence-corrected chi connectivity index (χ1v) is 7.66. The van der Waals surface area contributed by atoms with Gasteiger partial charge in [-0.15, -0.1) is 0 Å². The zero-order chi connectivity index (χ0) is 15.9. The SMILES string of the molecule is Cc1ccccc1CN(C)CC(=O)NCc1cccc(Cl)c1. The molecule has 3 nitrogen and oxygen atoms in total. The number of halogens is 1. The lowest BCUT2D eigenvalue weighted by Gasteiger charge is -2.17. The molecule has 1 amide bonds. The van der Waals surface area contributed by atoms with Crippen molar-refractivity contribution in [3.8, 4) is 0 Å². The summed E-state index contributed by atoms with van der Waals surface area (Å²) in [6.07, 6.45) is 0. The molecule has 0 atom stereocenters. The van der Waals surface area contributed by atoms with Crippen LogP contribution < -0.4 is 5.32 Å². The molecule has 0 aliphatic rings. The summed E-state index contributed by atoms with van der Waals surface area (Å²) in [5.41, 5.74) is 3.49. The van der Waals surface area contributed by atoms with Gasteiger partial charge in [-0.1, -0.05) is 48.0 Å². The van der Waals surface area contributed by atoms with Crippen LogP contribution in [-0.2, 0) is 17.9 Å². The number of carbonyl (C=O) groups excluding carboxylic acids is 1. The molecule has 0 aliphatic heterocycles. The molecule has 116 valence electrons. The van der Waals surface area contributed by atoms with Crippen molar-refractivity contribution >= 4 is 17.5 Å². The topological polar surface area (TPSA) is 32.3 Å². The second-order valence-corrected chi connectivity index (χ2v) is 5.94. The van der Waals surface area contributed by atoms with E-state index in [1.807, 2.05) is 48.3 Å². The zero-order valence-corrected chi connectivity index (χ0v) is 13.7. The number of hydrogen-bond donors (Lipinski definition) is 1. The summed E-state index contributed by atoms with van der Waals surface area (Å²) in [4.78, 5) is 14.0. The minimum atomic E-state index is 0.0102. The van der Waals surface area contributed by atoms with Gasteiger partial charge in [0.05, 0.1) is 6.54 Å². The quantitative estimate of drug-likeness (QED) is 0.886. The molecule has 2 rings (SSSR count). The largest absolute Gasteiger partial charge is 0.351 e. The van der Waals surface area contributed by atoms with Crippen LogP contribution in [0.3, 0.4) is 0 Å². The van der Waals surface area contributed by atoms with Gasteiger partial charge >= 0.3 is 0 Å². The maximum Gasteiger partial charge on any atom is 0.234 e. The molecule has 22 heavy (non-hydrogen) atoms. The minimum Gasteiger partial charge on any atom is -0.351 e. The molecule has 0 radical (unpaired) electrons. The van der Waals surface area contributed by atoms with Crippen LogP contribution in [0.15, 0.2) is 48.5 Å². The summed E-state index contributed by atoms with van der Waals surface area (Å²) in [5, 5.41) is 3.60. The molecule has 0 spiro atoms. The van der Waals surface area contributed by atoms with E-state index in [0.717, 1.165) is 12.1 Å². The summed E-state index contributed by atoms with van der Waals surface area (Å²) >= 11 is 5.93. The van der Waals surface area contributed by atoms with Gasteiger partial charge in [0, 0.05) is 18.1 Å². The van der Waals surface area contributed by atoms with Gasteiger partial charge in [0.25, 0.3) is 0 Å². The van der Waals surface area contributed by atoms with Crippen molar-refractivity contribution in [2.24, 2.45) is 0 Å². The summed E-state index contributed by atoms with van der Waals surface area (Å²) in [5.74, 6) is 0.0102. The van der Waals surface area contributed by atoms with Crippen molar-refractivity contribution in [2.45, 2.75) is 20.0 Å². The second kappa shape index (κ2) is 7.97. The van der Waals surface area contributed by atoms with Crippen molar-refractivity contribution in [2.75, 3.05) is 13.6 Å². The third kappa shape index (κ3) is 5.17. The summed E-state index contributed by atoms with van der Waals surface area (Å²) in [6.45, 7) is 3.71. The van der Waals surface area contributed by atoms with E-state index in [1.54, 1.807) is 0 Å². The van der Waals surface area contributed by atoms with Gasteiger partial charge in [-0.2, -0.15) is 0 Å². The predicted octanol–water partition coefficient (Wildman–Crippen LogP) is 3.40. The van der Waals surface area contributed by atoms with Crippen LogP contribution in [-0.4, -0.2) is 24.4 Å². The summed E-state index contributed by atoms with van der Waals surface area (Å²) in [6, 6.07) is 15.7. The van der Waals surface area contributed by atoms with Crippen molar-refractivity contribution < 1.29 is 4.79 Å². The van der Waals surface area contributed by atoms with Crippen molar-refractivity contribution in [1.29, 1.82) is 0 Å². The van der Waals surface area contributed by atoms with Gasteiger partial charge in [-0.25, -0.2) is 0 Å². The molecule has 0 unspecified atom stereocenters. The first kappa shape index (κ1) is 16.5. The third-order valence-electron chi connectivity index (χ3n) is 3.49. The maximum absolute atomic E-state index is 12.0. The lowest BCUT2D eigenvalue weighted by Crippen LogP contribution is -2.34. The second-order valence-electron chi connectivity index (χ2n) is 5.51. The number of hydrogen-bond acceptors (Lipinski definition) is 2. The molecule has 2 aromatic rings. The van der Waals surface area contributed by atoms with Crippen LogP contribution in [0, 0.1) is 6.92 Å². The fraction of sp³-hybridized carbons (Fsp3) is 0.278. The van der Waals surface area contributed by atoms with Crippen LogP contribution in [0.4, 0.5) is 0 Å². The number of nitrogens with zero attached hydrogens (tertiary/aromatic N) is 1. The van der Waals surface area contributed by atoms with E-state index >= 15 is 0 Å². The Morgan fingerprint density at radius 1 is 1.18 bits per heavy atom. The molecular formula is C18H21ClN2O. The highest BCUT2D eigenvalue weighted by Crippen LogP contribution is 2.11. The molecule has 0 aromatic heterocycles. The van der Waals surface area contributed by atoms with E-state index < -0.39 is 0 Å². The fourth-order valence-electron chi connectivity index (χ4n) is 2.28. The number of amides is 1. The molecule has 0 heterocycles. The third-order valence-corrected chi connectivity index (χ3v) is 3.73. The van der Waals surface area contributed by atoms with Gasteiger partial charge in [-0.05, 0) is 42.8 Å². The highest BCUT2D eigenvalue weighted by molar-refractivity contribution is 6.30. The smallest absolute Gasteiger partial charge is 0.234 e. The Hall–Kier alpha value is -1.84. The standard InChI is InChI=1S/C18H21ClN2O/c1-14-6-3-4-8-16(14)12-21(2)13-18(22)20-11-15-7-5-9-17(19)10-15/h3-10H,11-13H2,1-2H3,(H,20,22). The van der Waals surface area contributed by atoms with E-state index in [0.29, 0.717) is 18.1 Å². The summed E-state index contributed by atoms with van der Waals surface area (Å²) < 4.78 is 0. The highest BCUT2D eigenvalue weighted by atomic mass is 35.5. The lowest BCUT2D eigenvalue weighted by molar-refractivity contribution is -0.122. The average Bonchev–Trinajstić information content (AvgIpc) is 2.47. The van der Waals surface area contributed by atoms with Gasteiger partial charge < -0.3 is 5.32 Å². The number of rotatable bonds is 6. The molecule has 0 bridgehead atoms. The molecule has 0 saturated heterocycles. The molecular weight excluding hydrogens is 296 g/mol. The Bertz CT molecular complexity index is 642. The molecule has 4 heteroatoms. The first-order valence-electron chi connectivity index (χ1n) is 7.29. The molecule has 0 saturated carbocycles. The van der Waals surface area contributed by atoms with E-state index in [-0.39, 0.29) is 5.91 Å². The van der Waals surface area contributed by atoms with Gasteiger partial charge in [-0.3, -0.25) is 9.69 Å². The van der Waals surface area contributed by atoms with Crippen molar-refractivity contribution in [1.82, 2.24) is 10.2 Å². The molecule has 0 fully saturated rings. The van der Waals surface area contributed by atoms with Gasteiger partial charge in [0.2, 0.25) is 5.91 Å². The van der Waals surface area contributed by atoms with E-state index in [1.165, 1.54) is 11.1 Å². The van der Waals surface area contributed by atoms with Crippen LogP contribution in [0.1, 0.15) is 16.7 Å². The number of carbonyl (C=O) groups is 1. The zero-order valence-electron chi connectivity index (χ0n) is 13.0. The van der Waals surface area contributed by atoms with Gasteiger partial charge in [0.15, 0.2) is 0 Å². The number of aryl methyl sites for hydroxylation is 1. The summed E-state index contributed by atoms with van der Waals surface area (Å²) in [7, 11) is 1.95. The number of likely N-dealkylation sites (N-methyl/N-ethyl adjacent to an activating group) is 1. The van der Waals surface area contributed by atoms with E-state index in [2.05, 4.69) is 24.4 Å². The van der Waals surface area contributed by atoms with Gasteiger partial charge in [0.1, 0.15) is 0 Å². The van der Waals surface area contributed by atoms with Crippen molar-refractivity contribution in [3.63, 3.8) is 0 Å². The van der Waals surface area contributed by atoms with Crippen LogP contribution >= 0.6 is 11.6 Å². The highest BCUT2D eigenvalue weighted by Gasteiger charge is 2.08. The maximum atomic E-state index is 12.0. The Morgan fingerprint density at radius 2 is 1.95 bits per heavy atom. The number of nitrogens with one attached hydrogen (secondary N) is 1. The van der Waals surface area contributed by atoms with Crippen LogP contribution in [0.5, 0.6) is 0 Å². The molecule has 0 aliphatic carbocycles. The van der Waals surface area contributed by atoms with Crippen LogP contribution in [0.25, 0.3) is 0 Å². The first-order chi connectivity index (χ1) is 10.5. The monoisotopic (exact) mass is 316 g/mol. The minimum absolute atomic E-state index is 0.0102. The Balaban J connectivity index is 1.80. The van der Waals surface area contributed by atoms with E-state index in [4.69, 9.17) is 11.6 Å². The molecule has 1 N–H and O–H groups in total. The Labute approximate surface area is 136 Å².